The molecule has 196 valence electrons. The first kappa shape index (κ1) is 26.1. The number of hydrogen-bond acceptors (Lipinski definition) is 5. The van der Waals surface area contributed by atoms with Crippen molar-refractivity contribution in [1.82, 2.24) is 4.90 Å². The van der Waals surface area contributed by atoms with Crippen molar-refractivity contribution in [3.63, 3.8) is 0 Å². The van der Waals surface area contributed by atoms with Gasteiger partial charge in [-0.05, 0) is 51.0 Å². The molecule has 2 atom stereocenters. The number of fused-ring (bicyclic) bond motifs is 1. The average molecular weight is 511 g/mol. The Morgan fingerprint density at radius 1 is 1.11 bits per heavy atom. The molecule has 10 heteroatoms. The minimum atomic E-state index is -4.53. The minimum absolute atomic E-state index is 0.0197. The van der Waals surface area contributed by atoms with Crippen LogP contribution in [0.5, 0.6) is 5.75 Å². The Morgan fingerprint density at radius 3 is 2.53 bits per heavy atom. The maximum atomic E-state index is 15.3. The fraction of sp³-hybridized carbons (Fsp3) is 0.500. The summed E-state index contributed by atoms with van der Waals surface area (Å²) in [4.78, 5) is 16.2. The second-order valence-electron chi connectivity index (χ2n) is 9.97. The van der Waals surface area contributed by atoms with E-state index < -0.39 is 29.3 Å². The van der Waals surface area contributed by atoms with Crippen molar-refractivity contribution in [2.75, 3.05) is 38.3 Å². The second kappa shape index (κ2) is 9.80. The molecule has 2 heterocycles. The highest BCUT2D eigenvalue weighted by molar-refractivity contribution is 5.73. The van der Waals surface area contributed by atoms with Crippen molar-refractivity contribution < 1.29 is 36.6 Å². The number of morpholine rings is 1. The minimum Gasteiger partial charge on any atom is -0.495 e. The third-order valence-electron chi connectivity index (χ3n) is 6.32. The number of hydrogen-bond donors (Lipinski definition) is 0. The van der Waals surface area contributed by atoms with Crippen molar-refractivity contribution in [3.8, 4) is 16.9 Å². The van der Waals surface area contributed by atoms with E-state index in [-0.39, 0.29) is 23.3 Å². The molecule has 0 unspecified atom stereocenters. The smallest absolute Gasteiger partial charge is 0.416 e. The third-order valence-corrected chi connectivity index (χ3v) is 6.32. The van der Waals surface area contributed by atoms with Gasteiger partial charge in [-0.2, -0.15) is 13.2 Å². The van der Waals surface area contributed by atoms with E-state index in [1.165, 1.54) is 31.4 Å². The largest absolute Gasteiger partial charge is 0.495 e. The zero-order valence-corrected chi connectivity index (χ0v) is 20.7. The number of benzene rings is 2. The first-order valence-electron chi connectivity index (χ1n) is 11.8. The second-order valence-corrected chi connectivity index (χ2v) is 9.97. The monoisotopic (exact) mass is 510 g/mol. The lowest BCUT2D eigenvalue weighted by Crippen LogP contribution is -2.60. The fourth-order valence-corrected chi connectivity index (χ4v) is 4.70. The molecule has 2 aliphatic rings. The summed E-state index contributed by atoms with van der Waals surface area (Å²) in [5, 5.41) is 0. The van der Waals surface area contributed by atoms with E-state index in [0.29, 0.717) is 44.1 Å². The molecule has 2 fully saturated rings. The van der Waals surface area contributed by atoms with Gasteiger partial charge in [0.2, 0.25) is 0 Å². The summed E-state index contributed by atoms with van der Waals surface area (Å²) < 4.78 is 71.9. The van der Waals surface area contributed by atoms with Gasteiger partial charge in [0.25, 0.3) is 0 Å². The maximum absolute atomic E-state index is 15.3. The molecule has 1 amide bonds. The Kier molecular flexibility index (Phi) is 7.10. The van der Waals surface area contributed by atoms with Gasteiger partial charge in [0, 0.05) is 24.7 Å². The third kappa shape index (κ3) is 5.53. The molecule has 2 saturated heterocycles. The molecule has 2 aliphatic heterocycles. The number of likely N-dealkylation sites (tertiary alicyclic amines) is 1. The number of halogens is 4. The number of carbonyl (C=O) groups is 1. The van der Waals surface area contributed by atoms with E-state index in [0.717, 1.165) is 12.1 Å². The summed E-state index contributed by atoms with van der Waals surface area (Å²) in [5.74, 6) is -0.307. The van der Waals surface area contributed by atoms with Crippen LogP contribution in [0.2, 0.25) is 0 Å². The number of ether oxygens (including phenoxy) is 3. The highest BCUT2D eigenvalue weighted by Gasteiger charge is 2.40. The van der Waals surface area contributed by atoms with Gasteiger partial charge in [-0.15, -0.1) is 0 Å². The highest BCUT2D eigenvalue weighted by Crippen LogP contribution is 2.40. The molecular formula is C26H30F4N2O4. The lowest BCUT2D eigenvalue weighted by atomic mass is 9.96. The van der Waals surface area contributed by atoms with Gasteiger partial charge in [0.15, 0.2) is 0 Å². The quantitative estimate of drug-likeness (QED) is 0.494. The van der Waals surface area contributed by atoms with Crippen LogP contribution in [-0.4, -0.2) is 62.1 Å². The van der Waals surface area contributed by atoms with Crippen LogP contribution in [-0.2, 0) is 15.7 Å². The molecule has 0 N–H and O–H groups in total. The van der Waals surface area contributed by atoms with E-state index in [9.17, 15) is 18.0 Å². The van der Waals surface area contributed by atoms with Gasteiger partial charge >= 0.3 is 12.3 Å². The first-order chi connectivity index (χ1) is 16.9. The molecule has 2 aromatic carbocycles. The molecule has 2 aromatic rings. The molecule has 0 aliphatic carbocycles. The van der Waals surface area contributed by atoms with Crippen molar-refractivity contribution in [1.29, 1.82) is 0 Å². The number of anilines is 1. The molecular weight excluding hydrogens is 480 g/mol. The standard InChI is InChI=1S/C26H30F4N2O4/c1-25(2,3)36-24(33)31-9-8-20-23(15-31)35-11-10-32(20)21-14-19(27)18(13-22(21)34-4)16-6-5-7-17(12-16)26(28,29)30/h5-7,12-14,20,23H,8-11,15H2,1-4H3/t20-,23-/m1/s1. The molecule has 0 bridgehead atoms. The molecule has 0 aromatic heterocycles. The topological polar surface area (TPSA) is 51.2 Å². The van der Waals surface area contributed by atoms with Crippen molar-refractivity contribution in [2.24, 2.45) is 0 Å². The van der Waals surface area contributed by atoms with Crippen LogP contribution in [0, 0.1) is 5.82 Å². The predicted molar refractivity (Wildman–Crippen MR) is 127 cm³/mol. The Morgan fingerprint density at radius 2 is 1.86 bits per heavy atom. The number of carbonyl (C=O) groups excluding carboxylic acids is 1. The predicted octanol–water partition coefficient (Wildman–Crippen LogP) is 5.73. The Labute approximate surface area is 207 Å². The van der Waals surface area contributed by atoms with Crippen LogP contribution < -0.4 is 9.64 Å². The van der Waals surface area contributed by atoms with Crippen molar-refractivity contribution in [3.05, 3.63) is 47.8 Å². The average Bonchev–Trinajstić information content (AvgIpc) is 2.81. The number of nitrogens with zero attached hydrogens (tertiary/aromatic N) is 2. The first-order valence-corrected chi connectivity index (χ1v) is 11.8. The molecule has 0 saturated carbocycles. The summed E-state index contributed by atoms with van der Waals surface area (Å²) in [6.45, 7) is 7.04. The number of rotatable bonds is 3. The lowest BCUT2D eigenvalue weighted by molar-refractivity contribution is -0.137. The number of alkyl halides is 3. The van der Waals surface area contributed by atoms with Gasteiger partial charge in [-0.3, -0.25) is 0 Å². The molecule has 6 nitrogen and oxygen atoms in total. The van der Waals surface area contributed by atoms with Gasteiger partial charge < -0.3 is 24.0 Å². The number of piperidine rings is 1. The van der Waals surface area contributed by atoms with E-state index in [4.69, 9.17) is 14.2 Å². The van der Waals surface area contributed by atoms with Gasteiger partial charge in [0.1, 0.15) is 17.2 Å². The SMILES string of the molecule is COc1cc(-c2cccc(C(F)(F)F)c2)c(F)cc1N1CCO[C@@H]2CN(C(=O)OC(C)(C)C)CC[C@H]21. The van der Waals surface area contributed by atoms with Gasteiger partial charge in [-0.25, -0.2) is 9.18 Å². The van der Waals surface area contributed by atoms with Crippen LogP contribution in [0.4, 0.5) is 28.0 Å². The summed E-state index contributed by atoms with van der Waals surface area (Å²) in [6.07, 6.45) is -4.68. The van der Waals surface area contributed by atoms with Crippen LogP contribution >= 0.6 is 0 Å². The normalized spacial score (nSPS) is 20.7. The Balaban J connectivity index is 1.60. The maximum Gasteiger partial charge on any atom is 0.416 e. The zero-order valence-electron chi connectivity index (χ0n) is 20.7. The summed E-state index contributed by atoms with van der Waals surface area (Å²) >= 11 is 0. The lowest BCUT2D eigenvalue weighted by Gasteiger charge is -2.48. The molecule has 4 rings (SSSR count). The fourth-order valence-electron chi connectivity index (χ4n) is 4.70. The van der Waals surface area contributed by atoms with Gasteiger partial charge in [0.05, 0.1) is 43.7 Å². The number of methoxy groups -OCH3 is 1. The Bertz CT molecular complexity index is 1120. The zero-order chi connectivity index (χ0) is 26.3. The summed E-state index contributed by atoms with van der Waals surface area (Å²) in [5.41, 5.74) is -0.839. The van der Waals surface area contributed by atoms with Crippen LogP contribution in [0.3, 0.4) is 0 Å². The van der Waals surface area contributed by atoms with E-state index in [1.54, 1.807) is 25.7 Å². The molecule has 36 heavy (non-hydrogen) atoms. The van der Waals surface area contributed by atoms with E-state index >= 15 is 4.39 Å². The summed E-state index contributed by atoms with van der Waals surface area (Å²) in [6, 6.07) is 7.16. The van der Waals surface area contributed by atoms with E-state index in [1.807, 2.05) is 4.90 Å². The molecule has 0 radical (unpaired) electrons. The van der Waals surface area contributed by atoms with Crippen LogP contribution in [0.15, 0.2) is 36.4 Å². The highest BCUT2D eigenvalue weighted by atomic mass is 19.4. The van der Waals surface area contributed by atoms with Crippen molar-refractivity contribution >= 4 is 11.8 Å². The van der Waals surface area contributed by atoms with Crippen molar-refractivity contribution in [2.45, 2.75) is 51.1 Å². The van der Waals surface area contributed by atoms with E-state index in [2.05, 4.69) is 0 Å². The summed E-state index contributed by atoms with van der Waals surface area (Å²) in [7, 11) is 1.44. The Hall–Kier alpha value is -3.01. The van der Waals surface area contributed by atoms with Crippen LogP contribution in [0.25, 0.3) is 11.1 Å². The molecule has 0 spiro atoms. The van der Waals surface area contributed by atoms with Crippen LogP contribution in [0.1, 0.15) is 32.8 Å². The van der Waals surface area contributed by atoms with Gasteiger partial charge in [-0.1, -0.05) is 12.1 Å². The number of amides is 1.